The van der Waals surface area contributed by atoms with Crippen LogP contribution in [0.2, 0.25) is 0 Å². The van der Waals surface area contributed by atoms with Crippen molar-refractivity contribution in [2.75, 3.05) is 0 Å². The standard InChI is InChI=1S/C8H9N3O2.H2O/c1-6-3-2-4-7(10-6)5-9-11-8(12)13;/h2-5,11H,1H3,(H,12,13);1H2/b9-5-;. The van der Waals surface area contributed by atoms with Crippen LogP contribution in [0.15, 0.2) is 23.3 Å². The summed E-state index contributed by atoms with van der Waals surface area (Å²) >= 11 is 0. The largest absolute Gasteiger partial charge is 0.464 e. The van der Waals surface area contributed by atoms with E-state index >= 15 is 0 Å². The Hall–Kier alpha value is -1.95. The number of pyridine rings is 1. The first-order valence-electron chi connectivity index (χ1n) is 3.64. The van der Waals surface area contributed by atoms with Crippen LogP contribution in [-0.4, -0.2) is 27.9 Å². The smallest absolute Gasteiger partial charge is 0.425 e. The van der Waals surface area contributed by atoms with Gasteiger partial charge in [0.2, 0.25) is 0 Å². The molecule has 0 radical (unpaired) electrons. The third-order valence-corrected chi connectivity index (χ3v) is 1.27. The van der Waals surface area contributed by atoms with Crippen molar-refractivity contribution >= 4 is 12.3 Å². The van der Waals surface area contributed by atoms with Crippen LogP contribution in [0, 0.1) is 6.92 Å². The Morgan fingerprint density at radius 3 is 2.93 bits per heavy atom. The summed E-state index contributed by atoms with van der Waals surface area (Å²) in [5.41, 5.74) is 3.34. The molecule has 1 heterocycles. The number of hydrogen-bond acceptors (Lipinski definition) is 3. The molecule has 0 fully saturated rings. The molecular weight excluding hydrogens is 186 g/mol. The van der Waals surface area contributed by atoms with Gasteiger partial charge in [-0.1, -0.05) is 6.07 Å². The molecule has 1 rings (SSSR count). The van der Waals surface area contributed by atoms with Crippen molar-refractivity contribution in [2.24, 2.45) is 5.10 Å². The predicted molar refractivity (Wildman–Crippen MR) is 51.3 cm³/mol. The van der Waals surface area contributed by atoms with Gasteiger partial charge >= 0.3 is 6.09 Å². The van der Waals surface area contributed by atoms with Crippen molar-refractivity contribution in [3.05, 3.63) is 29.6 Å². The average Bonchev–Trinajstić information content (AvgIpc) is 2.03. The van der Waals surface area contributed by atoms with Gasteiger partial charge in [0.25, 0.3) is 0 Å². The number of nitrogens with zero attached hydrogens (tertiary/aromatic N) is 2. The summed E-state index contributed by atoms with van der Waals surface area (Å²) in [6.07, 6.45) is 0.158. The van der Waals surface area contributed by atoms with E-state index in [9.17, 15) is 4.79 Å². The van der Waals surface area contributed by atoms with Crippen molar-refractivity contribution in [3.8, 4) is 0 Å². The normalized spacial score (nSPS) is 9.50. The highest BCUT2D eigenvalue weighted by atomic mass is 16.4. The fourth-order valence-corrected chi connectivity index (χ4v) is 0.790. The van der Waals surface area contributed by atoms with Crippen molar-refractivity contribution in [1.82, 2.24) is 10.4 Å². The predicted octanol–water partition coefficient (Wildman–Crippen LogP) is 0.167. The molecule has 76 valence electrons. The van der Waals surface area contributed by atoms with E-state index in [4.69, 9.17) is 5.11 Å². The number of carboxylic acid groups (broad SMARTS) is 1. The molecule has 0 aromatic carbocycles. The average molecular weight is 197 g/mol. The summed E-state index contributed by atoms with van der Waals surface area (Å²) in [7, 11) is 0. The molecule has 0 spiro atoms. The van der Waals surface area contributed by atoms with E-state index in [1.54, 1.807) is 6.07 Å². The zero-order valence-corrected chi connectivity index (χ0v) is 7.56. The highest BCUT2D eigenvalue weighted by molar-refractivity contribution is 5.78. The van der Waals surface area contributed by atoms with E-state index in [0.717, 1.165) is 5.69 Å². The topological polar surface area (TPSA) is 106 Å². The van der Waals surface area contributed by atoms with E-state index in [1.807, 2.05) is 24.5 Å². The molecule has 4 N–H and O–H groups in total. The number of aromatic nitrogens is 1. The van der Waals surface area contributed by atoms with Gasteiger partial charge in [-0.25, -0.2) is 10.2 Å². The van der Waals surface area contributed by atoms with Crippen LogP contribution in [0.5, 0.6) is 0 Å². The number of rotatable bonds is 2. The third-order valence-electron chi connectivity index (χ3n) is 1.27. The maximum atomic E-state index is 10.0. The highest BCUT2D eigenvalue weighted by Gasteiger charge is 1.90. The minimum atomic E-state index is -1.19. The van der Waals surface area contributed by atoms with Crippen LogP contribution in [-0.2, 0) is 0 Å². The molecule has 1 amide bonds. The van der Waals surface area contributed by atoms with E-state index in [0.29, 0.717) is 5.69 Å². The van der Waals surface area contributed by atoms with Crippen LogP contribution in [0.4, 0.5) is 4.79 Å². The summed E-state index contributed by atoms with van der Waals surface area (Å²) in [6, 6.07) is 5.41. The molecule has 6 nitrogen and oxygen atoms in total. The fraction of sp³-hybridized carbons (Fsp3) is 0.125. The Balaban J connectivity index is 0.00000169. The van der Waals surface area contributed by atoms with Gasteiger partial charge in [-0.2, -0.15) is 5.10 Å². The summed E-state index contributed by atoms with van der Waals surface area (Å²) in [5, 5.41) is 11.6. The molecule has 0 unspecified atom stereocenters. The Bertz CT molecular complexity index is 338. The lowest BCUT2D eigenvalue weighted by molar-refractivity contribution is 0.195. The number of amides is 1. The number of nitrogens with one attached hydrogen (secondary N) is 1. The summed E-state index contributed by atoms with van der Waals surface area (Å²) in [5.74, 6) is 0. The Kier molecular flexibility index (Phi) is 4.87. The number of hydrazone groups is 1. The number of aryl methyl sites for hydroxylation is 1. The minimum Gasteiger partial charge on any atom is -0.464 e. The van der Waals surface area contributed by atoms with Crippen molar-refractivity contribution < 1.29 is 15.4 Å². The zero-order valence-electron chi connectivity index (χ0n) is 7.56. The minimum absolute atomic E-state index is 0. The summed E-state index contributed by atoms with van der Waals surface area (Å²) < 4.78 is 0. The number of hydrogen-bond donors (Lipinski definition) is 2. The van der Waals surface area contributed by atoms with Crippen LogP contribution in [0.3, 0.4) is 0 Å². The molecule has 0 saturated heterocycles. The second-order valence-corrected chi connectivity index (χ2v) is 2.38. The van der Waals surface area contributed by atoms with Gasteiger partial charge in [0.15, 0.2) is 0 Å². The van der Waals surface area contributed by atoms with Gasteiger partial charge in [0, 0.05) is 5.69 Å². The molecule has 14 heavy (non-hydrogen) atoms. The maximum absolute atomic E-state index is 10.0. The van der Waals surface area contributed by atoms with Crippen LogP contribution < -0.4 is 5.43 Å². The third kappa shape index (κ3) is 4.17. The van der Waals surface area contributed by atoms with Gasteiger partial charge in [-0.05, 0) is 19.1 Å². The Morgan fingerprint density at radius 1 is 1.64 bits per heavy atom. The molecule has 0 saturated carbocycles. The van der Waals surface area contributed by atoms with Crippen molar-refractivity contribution in [3.63, 3.8) is 0 Å². The van der Waals surface area contributed by atoms with Crippen molar-refractivity contribution in [1.29, 1.82) is 0 Å². The fourth-order valence-electron chi connectivity index (χ4n) is 0.790. The lowest BCUT2D eigenvalue weighted by Crippen LogP contribution is -2.13. The molecule has 0 aliphatic rings. The summed E-state index contributed by atoms with van der Waals surface area (Å²) in [6.45, 7) is 1.85. The maximum Gasteiger partial charge on any atom is 0.425 e. The molecule has 1 aromatic heterocycles. The van der Waals surface area contributed by atoms with E-state index in [-0.39, 0.29) is 5.48 Å². The number of carbonyl (C=O) groups is 1. The molecule has 0 aliphatic heterocycles. The van der Waals surface area contributed by atoms with E-state index in [2.05, 4.69) is 10.1 Å². The molecule has 1 aromatic rings. The van der Waals surface area contributed by atoms with Gasteiger partial charge in [-0.15, -0.1) is 0 Å². The van der Waals surface area contributed by atoms with Crippen LogP contribution in [0.1, 0.15) is 11.4 Å². The van der Waals surface area contributed by atoms with Gasteiger partial charge in [0.1, 0.15) is 0 Å². The highest BCUT2D eigenvalue weighted by Crippen LogP contribution is 1.94. The van der Waals surface area contributed by atoms with E-state index in [1.165, 1.54) is 6.21 Å². The van der Waals surface area contributed by atoms with Gasteiger partial charge in [0.05, 0.1) is 11.9 Å². The first-order chi connectivity index (χ1) is 6.18. The molecule has 6 heteroatoms. The van der Waals surface area contributed by atoms with Crippen LogP contribution in [0.25, 0.3) is 0 Å². The Labute approximate surface area is 80.6 Å². The first kappa shape index (κ1) is 12.0. The quantitative estimate of drug-likeness (QED) is 0.521. The molecule has 0 bridgehead atoms. The van der Waals surface area contributed by atoms with Gasteiger partial charge < -0.3 is 10.6 Å². The Morgan fingerprint density at radius 2 is 2.36 bits per heavy atom. The second kappa shape index (κ2) is 5.65. The lowest BCUT2D eigenvalue weighted by Gasteiger charge is -1.93. The molecule has 0 aliphatic carbocycles. The summed E-state index contributed by atoms with van der Waals surface area (Å²) in [4.78, 5) is 14.1. The van der Waals surface area contributed by atoms with Gasteiger partial charge in [-0.3, -0.25) is 4.98 Å². The van der Waals surface area contributed by atoms with E-state index < -0.39 is 6.09 Å². The molecular formula is C8H11N3O3. The monoisotopic (exact) mass is 197 g/mol. The SMILES string of the molecule is Cc1cccc(/C=N\NC(=O)O)n1.O. The zero-order chi connectivity index (χ0) is 9.68. The lowest BCUT2D eigenvalue weighted by atomic mass is 10.3. The first-order valence-corrected chi connectivity index (χ1v) is 3.64. The van der Waals surface area contributed by atoms with Crippen LogP contribution >= 0.6 is 0 Å². The second-order valence-electron chi connectivity index (χ2n) is 2.38. The molecule has 0 atom stereocenters. The van der Waals surface area contributed by atoms with Crippen molar-refractivity contribution in [2.45, 2.75) is 6.92 Å².